The first-order valence-electron chi connectivity index (χ1n) is 5.75. The summed E-state index contributed by atoms with van der Waals surface area (Å²) >= 11 is 1.86. The lowest BCUT2D eigenvalue weighted by Crippen LogP contribution is -2.18. The molecule has 0 amide bonds. The lowest BCUT2D eigenvalue weighted by Gasteiger charge is -2.13. The highest BCUT2D eigenvalue weighted by Gasteiger charge is 2.15. The molecule has 15 heavy (non-hydrogen) atoms. The minimum atomic E-state index is 0.734. The van der Waals surface area contributed by atoms with Gasteiger partial charge in [-0.15, -0.1) is 0 Å². The van der Waals surface area contributed by atoms with E-state index < -0.39 is 0 Å². The van der Waals surface area contributed by atoms with Crippen molar-refractivity contribution in [1.82, 2.24) is 4.90 Å². The highest BCUT2D eigenvalue weighted by Crippen LogP contribution is 2.21. The number of rotatable bonds is 4. The molecule has 0 aromatic heterocycles. The Kier molecular flexibility index (Phi) is 5.23. The van der Waals surface area contributed by atoms with E-state index in [4.69, 9.17) is 4.99 Å². The van der Waals surface area contributed by atoms with Crippen LogP contribution >= 0.6 is 11.8 Å². The average molecular weight is 226 g/mol. The maximum Gasteiger partial charge on any atom is 0.163 e. The predicted molar refractivity (Wildman–Crippen MR) is 70.4 cm³/mol. The van der Waals surface area contributed by atoms with Crippen LogP contribution in [-0.2, 0) is 0 Å². The topological polar surface area (TPSA) is 15.6 Å². The standard InChI is InChI=1S/C12H22N2S/c1-5-10(3)9-11(6-2)13-12-14(4)7-8-15-12/h6,10H,5,7-9H2,1-4H3/b11-6-,13-12+. The molecule has 1 unspecified atom stereocenters. The van der Waals surface area contributed by atoms with Crippen LogP contribution in [0.15, 0.2) is 16.8 Å². The van der Waals surface area contributed by atoms with Crippen molar-refractivity contribution < 1.29 is 0 Å². The molecular weight excluding hydrogens is 204 g/mol. The van der Waals surface area contributed by atoms with E-state index in [0.717, 1.165) is 18.9 Å². The maximum absolute atomic E-state index is 4.73. The molecule has 1 aliphatic heterocycles. The van der Waals surface area contributed by atoms with Crippen molar-refractivity contribution in [2.75, 3.05) is 19.3 Å². The van der Waals surface area contributed by atoms with Gasteiger partial charge in [0.2, 0.25) is 0 Å². The number of hydrogen-bond donors (Lipinski definition) is 0. The van der Waals surface area contributed by atoms with Gasteiger partial charge in [0.15, 0.2) is 5.17 Å². The number of amidine groups is 1. The van der Waals surface area contributed by atoms with Crippen LogP contribution in [0.3, 0.4) is 0 Å². The van der Waals surface area contributed by atoms with E-state index >= 15 is 0 Å². The van der Waals surface area contributed by atoms with E-state index in [1.54, 1.807) is 0 Å². The lowest BCUT2D eigenvalue weighted by molar-refractivity contribution is 0.545. The molecule has 1 heterocycles. The SMILES string of the molecule is C/C=C(CC(C)CC)\N=C1\SCCN1C. The monoisotopic (exact) mass is 226 g/mol. The molecular formula is C12H22N2S. The second-order valence-corrected chi connectivity index (χ2v) is 5.22. The molecule has 3 heteroatoms. The van der Waals surface area contributed by atoms with Crippen LogP contribution in [0.1, 0.15) is 33.6 Å². The van der Waals surface area contributed by atoms with Gasteiger partial charge >= 0.3 is 0 Å². The summed E-state index contributed by atoms with van der Waals surface area (Å²) in [7, 11) is 2.12. The molecule has 86 valence electrons. The first kappa shape index (κ1) is 12.6. The van der Waals surface area contributed by atoms with E-state index in [1.165, 1.54) is 23.0 Å². The van der Waals surface area contributed by atoms with Gasteiger partial charge in [0.05, 0.1) is 0 Å². The van der Waals surface area contributed by atoms with E-state index in [-0.39, 0.29) is 0 Å². The Balaban J connectivity index is 2.60. The predicted octanol–water partition coefficient (Wildman–Crippen LogP) is 3.36. The minimum Gasteiger partial charge on any atom is -0.353 e. The third kappa shape index (κ3) is 3.90. The Labute approximate surface area is 97.8 Å². The average Bonchev–Trinajstić information content (AvgIpc) is 2.63. The molecule has 1 aliphatic rings. The summed E-state index contributed by atoms with van der Waals surface area (Å²) in [4.78, 5) is 6.97. The summed E-state index contributed by atoms with van der Waals surface area (Å²) in [6.07, 6.45) is 4.47. The fraction of sp³-hybridized carbons (Fsp3) is 0.750. The Morgan fingerprint density at radius 2 is 2.40 bits per heavy atom. The van der Waals surface area contributed by atoms with Gasteiger partial charge in [-0.3, -0.25) is 0 Å². The van der Waals surface area contributed by atoms with Crippen molar-refractivity contribution in [2.24, 2.45) is 10.9 Å². The largest absolute Gasteiger partial charge is 0.353 e. The summed E-state index contributed by atoms with van der Waals surface area (Å²) in [5.74, 6) is 1.91. The van der Waals surface area contributed by atoms with Crippen LogP contribution in [0, 0.1) is 5.92 Å². The second-order valence-electron chi connectivity index (χ2n) is 4.16. The smallest absolute Gasteiger partial charge is 0.163 e. The molecule has 0 aromatic carbocycles. The van der Waals surface area contributed by atoms with E-state index in [2.05, 4.69) is 38.8 Å². The van der Waals surface area contributed by atoms with Crippen LogP contribution in [0.2, 0.25) is 0 Å². The van der Waals surface area contributed by atoms with Crippen molar-refractivity contribution in [1.29, 1.82) is 0 Å². The Bertz CT molecular complexity index is 258. The third-order valence-corrected chi connectivity index (χ3v) is 3.86. The molecule has 1 fully saturated rings. The molecule has 0 aliphatic carbocycles. The molecule has 0 radical (unpaired) electrons. The second kappa shape index (κ2) is 6.21. The number of allylic oxidation sites excluding steroid dienone is 2. The summed E-state index contributed by atoms with van der Waals surface area (Å²) in [6.45, 7) is 7.74. The summed E-state index contributed by atoms with van der Waals surface area (Å²) in [5.41, 5.74) is 1.24. The van der Waals surface area contributed by atoms with Crippen LogP contribution in [-0.4, -0.2) is 29.4 Å². The van der Waals surface area contributed by atoms with Crippen LogP contribution in [0.5, 0.6) is 0 Å². The minimum absolute atomic E-state index is 0.734. The van der Waals surface area contributed by atoms with Gasteiger partial charge in [0, 0.05) is 25.0 Å². The fourth-order valence-electron chi connectivity index (χ4n) is 1.45. The zero-order valence-electron chi connectivity index (χ0n) is 10.3. The Hall–Kier alpha value is -0.440. The molecule has 0 N–H and O–H groups in total. The van der Waals surface area contributed by atoms with E-state index in [0.29, 0.717) is 0 Å². The summed E-state index contributed by atoms with van der Waals surface area (Å²) < 4.78 is 0. The molecule has 0 saturated carbocycles. The Morgan fingerprint density at radius 3 is 2.87 bits per heavy atom. The van der Waals surface area contributed by atoms with Crippen LogP contribution in [0.25, 0.3) is 0 Å². The zero-order chi connectivity index (χ0) is 11.3. The summed E-state index contributed by atoms with van der Waals surface area (Å²) in [5, 5.41) is 1.19. The molecule has 0 bridgehead atoms. The van der Waals surface area contributed by atoms with Crippen molar-refractivity contribution in [3.8, 4) is 0 Å². The first-order valence-corrected chi connectivity index (χ1v) is 6.73. The molecule has 0 aromatic rings. The third-order valence-electron chi connectivity index (χ3n) is 2.81. The quantitative estimate of drug-likeness (QED) is 0.730. The maximum atomic E-state index is 4.73. The first-order chi connectivity index (χ1) is 7.17. The van der Waals surface area contributed by atoms with Gasteiger partial charge in [0.25, 0.3) is 0 Å². The number of hydrogen-bond acceptors (Lipinski definition) is 2. The van der Waals surface area contributed by atoms with Crippen molar-refractivity contribution >= 4 is 16.9 Å². The normalized spacial score (nSPS) is 22.5. The van der Waals surface area contributed by atoms with Crippen LogP contribution < -0.4 is 0 Å². The molecule has 1 rings (SSSR count). The van der Waals surface area contributed by atoms with Gasteiger partial charge < -0.3 is 4.90 Å². The number of nitrogens with zero attached hydrogens (tertiary/aromatic N) is 2. The Morgan fingerprint density at radius 1 is 1.67 bits per heavy atom. The molecule has 1 saturated heterocycles. The van der Waals surface area contributed by atoms with Crippen molar-refractivity contribution in [2.45, 2.75) is 33.6 Å². The van der Waals surface area contributed by atoms with Gasteiger partial charge in [-0.05, 0) is 19.3 Å². The molecule has 0 spiro atoms. The fourth-order valence-corrected chi connectivity index (χ4v) is 2.49. The highest BCUT2D eigenvalue weighted by molar-refractivity contribution is 8.14. The molecule has 2 nitrogen and oxygen atoms in total. The van der Waals surface area contributed by atoms with Gasteiger partial charge in [0.1, 0.15) is 0 Å². The number of aliphatic imine (C=N–C) groups is 1. The highest BCUT2D eigenvalue weighted by atomic mass is 32.2. The molecule has 1 atom stereocenters. The van der Waals surface area contributed by atoms with E-state index in [9.17, 15) is 0 Å². The van der Waals surface area contributed by atoms with Gasteiger partial charge in [-0.25, -0.2) is 4.99 Å². The van der Waals surface area contributed by atoms with E-state index in [1.807, 2.05) is 11.8 Å². The van der Waals surface area contributed by atoms with Gasteiger partial charge in [-0.1, -0.05) is 38.1 Å². The summed E-state index contributed by atoms with van der Waals surface area (Å²) in [6, 6.07) is 0. The zero-order valence-corrected chi connectivity index (χ0v) is 11.1. The number of thioether (sulfide) groups is 1. The van der Waals surface area contributed by atoms with Crippen molar-refractivity contribution in [3.63, 3.8) is 0 Å². The lowest BCUT2D eigenvalue weighted by atomic mass is 10.0. The van der Waals surface area contributed by atoms with Gasteiger partial charge in [-0.2, -0.15) is 0 Å². The van der Waals surface area contributed by atoms with Crippen LogP contribution in [0.4, 0.5) is 0 Å². The van der Waals surface area contributed by atoms with Crippen molar-refractivity contribution in [3.05, 3.63) is 11.8 Å².